The van der Waals surface area contributed by atoms with E-state index in [1.165, 1.54) is 6.07 Å². The van der Waals surface area contributed by atoms with E-state index in [9.17, 15) is 17.6 Å². The molecule has 6 heteroatoms. The number of thiazole rings is 1. The Morgan fingerprint density at radius 1 is 1.10 bits per heavy atom. The zero-order valence-corrected chi connectivity index (χ0v) is 13.1. The summed E-state index contributed by atoms with van der Waals surface area (Å²) in [5, 5.41) is 0.0544. The van der Waals surface area contributed by atoms with Crippen LogP contribution in [-0.4, -0.2) is 4.98 Å². The summed E-state index contributed by atoms with van der Waals surface area (Å²) in [7, 11) is 0. The average molecular weight is 319 g/mol. The maximum atomic E-state index is 13.7. The van der Waals surface area contributed by atoms with Gasteiger partial charge >= 0.3 is 0 Å². The van der Waals surface area contributed by atoms with E-state index in [0.717, 1.165) is 23.5 Å². The molecule has 0 amide bonds. The van der Waals surface area contributed by atoms with Crippen LogP contribution in [0.15, 0.2) is 18.2 Å². The molecular formula is C15H17F4NS. The molecule has 1 aromatic carbocycles. The molecule has 2 rings (SSSR count). The highest BCUT2D eigenvalue weighted by Gasteiger charge is 2.18. The SMILES string of the molecule is CC.CC(C)c1nc(-c2ccc(C(F)F)c(F)c2)c(F)s1. The predicted octanol–water partition coefficient (Wildman–Crippen LogP) is 6.18. The molecule has 0 saturated carbocycles. The topological polar surface area (TPSA) is 12.9 Å². The summed E-state index contributed by atoms with van der Waals surface area (Å²) in [4.78, 5) is 4.08. The van der Waals surface area contributed by atoms with Gasteiger partial charge in [-0.05, 0) is 12.1 Å². The highest BCUT2D eigenvalue weighted by molar-refractivity contribution is 7.10. The molecule has 21 heavy (non-hydrogen) atoms. The van der Waals surface area contributed by atoms with Gasteiger partial charge in [-0.2, -0.15) is 4.39 Å². The molecule has 0 aliphatic carbocycles. The molecule has 0 aliphatic rings. The number of hydrogen-bond acceptors (Lipinski definition) is 2. The Balaban J connectivity index is 0.00000106. The lowest BCUT2D eigenvalue weighted by atomic mass is 10.1. The second-order valence-corrected chi connectivity index (χ2v) is 5.35. The lowest BCUT2D eigenvalue weighted by molar-refractivity contribution is 0.146. The standard InChI is InChI=1S/C13H11F4NS.C2H6/c1-6(2)13-18-10(12(17)19-13)7-3-4-8(11(15)16)9(14)5-7;1-2/h3-6,11H,1-2H3;1-2H3. The van der Waals surface area contributed by atoms with E-state index >= 15 is 0 Å². The van der Waals surface area contributed by atoms with Gasteiger partial charge in [-0.25, -0.2) is 18.2 Å². The number of benzene rings is 1. The van der Waals surface area contributed by atoms with Crippen LogP contribution in [0.4, 0.5) is 17.6 Å². The quantitative estimate of drug-likeness (QED) is 0.616. The average Bonchev–Trinajstić information content (AvgIpc) is 2.83. The molecule has 1 heterocycles. The number of aromatic nitrogens is 1. The molecule has 0 aliphatic heterocycles. The fourth-order valence-corrected chi connectivity index (χ4v) is 2.41. The van der Waals surface area contributed by atoms with Gasteiger partial charge in [0.25, 0.3) is 6.43 Å². The maximum Gasteiger partial charge on any atom is 0.266 e. The van der Waals surface area contributed by atoms with Crippen LogP contribution in [0.25, 0.3) is 11.3 Å². The third-order valence-electron chi connectivity index (χ3n) is 2.61. The largest absolute Gasteiger partial charge is 0.266 e. The van der Waals surface area contributed by atoms with Gasteiger partial charge in [0.05, 0.1) is 10.6 Å². The van der Waals surface area contributed by atoms with Crippen molar-refractivity contribution < 1.29 is 17.6 Å². The Bertz CT molecular complexity index is 593. The lowest BCUT2D eigenvalue weighted by Gasteiger charge is -2.04. The Morgan fingerprint density at radius 2 is 1.71 bits per heavy atom. The highest BCUT2D eigenvalue weighted by Crippen LogP contribution is 2.32. The molecule has 1 nitrogen and oxygen atoms in total. The molecular weight excluding hydrogens is 302 g/mol. The van der Waals surface area contributed by atoms with Crippen molar-refractivity contribution in [2.75, 3.05) is 0 Å². The second-order valence-electron chi connectivity index (χ2n) is 4.37. The lowest BCUT2D eigenvalue weighted by Crippen LogP contribution is -1.92. The van der Waals surface area contributed by atoms with Crippen LogP contribution in [0.1, 0.15) is 50.6 Å². The zero-order chi connectivity index (χ0) is 16.2. The molecule has 0 fully saturated rings. The molecule has 0 N–H and O–H groups in total. The van der Waals surface area contributed by atoms with Crippen molar-refractivity contribution in [1.82, 2.24) is 4.98 Å². The van der Waals surface area contributed by atoms with Gasteiger partial charge < -0.3 is 0 Å². The first-order valence-electron chi connectivity index (χ1n) is 6.64. The summed E-state index contributed by atoms with van der Waals surface area (Å²) >= 11 is 0.885. The Labute approximate surface area is 125 Å². The first kappa shape index (κ1) is 17.6. The fourth-order valence-electron chi connectivity index (χ4n) is 1.59. The maximum absolute atomic E-state index is 13.7. The van der Waals surface area contributed by atoms with Crippen molar-refractivity contribution in [3.63, 3.8) is 0 Å². The Hall–Kier alpha value is -1.43. The molecule has 2 aromatic rings. The minimum absolute atomic E-state index is 0.00779. The van der Waals surface area contributed by atoms with E-state index in [4.69, 9.17) is 0 Å². The van der Waals surface area contributed by atoms with Crippen molar-refractivity contribution in [3.8, 4) is 11.3 Å². The predicted molar refractivity (Wildman–Crippen MR) is 77.9 cm³/mol. The molecule has 0 saturated heterocycles. The molecule has 116 valence electrons. The molecule has 0 spiro atoms. The van der Waals surface area contributed by atoms with E-state index in [0.29, 0.717) is 5.01 Å². The molecule has 0 unspecified atom stereocenters. The highest BCUT2D eigenvalue weighted by atomic mass is 32.1. The Kier molecular flexibility index (Phi) is 6.33. The number of rotatable bonds is 3. The van der Waals surface area contributed by atoms with Gasteiger partial charge in [-0.3, -0.25) is 0 Å². The summed E-state index contributed by atoms with van der Waals surface area (Å²) in [6.45, 7) is 7.73. The summed E-state index contributed by atoms with van der Waals surface area (Å²) in [5.41, 5.74) is -0.514. The minimum Gasteiger partial charge on any atom is -0.238 e. The number of hydrogen-bond donors (Lipinski definition) is 0. The van der Waals surface area contributed by atoms with Crippen molar-refractivity contribution in [1.29, 1.82) is 0 Å². The number of halogens is 4. The monoisotopic (exact) mass is 319 g/mol. The Morgan fingerprint density at radius 3 is 2.14 bits per heavy atom. The first-order valence-corrected chi connectivity index (χ1v) is 7.46. The van der Waals surface area contributed by atoms with Crippen LogP contribution in [0.5, 0.6) is 0 Å². The smallest absolute Gasteiger partial charge is 0.238 e. The molecule has 0 radical (unpaired) electrons. The van der Waals surface area contributed by atoms with Crippen molar-refractivity contribution >= 4 is 11.3 Å². The van der Waals surface area contributed by atoms with E-state index in [1.54, 1.807) is 0 Å². The van der Waals surface area contributed by atoms with Crippen LogP contribution in [0.2, 0.25) is 0 Å². The van der Waals surface area contributed by atoms with E-state index in [1.807, 2.05) is 27.7 Å². The summed E-state index contributed by atoms with van der Waals surface area (Å²) < 4.78 is 52.0. The van der Waals surface area contributed by atoms with Crippen molar-refractivity contribution in [2.45, 2.75) is 40.0 Å². The van der Waals surface area contributed by atoms with Crippen LogP contribution in [0.3, 0.4) is 0 Å². The van der Waals surface area contributed by atoms with Crippen molar-refractivity contribution in [2.24, 2.45) is 0 Å². The first-order chi connectivity index (χ1) is 9.90. The molecule has 1 aromatic heterocycles. The van der Waals surface area contributed by atoms with Crippen molar-refractivity contribution in [3.05, 3.63) is 39.7 Å². The van der Waals surface area contributed by atoms with Gasteiger partial charge in [0.15, 0.2) is 0 Å². The van der Waals surface area contributed by atoms with Gasteiger partial charge in [0.1, 0.15) is 11.5 Å². The van der Waals surface area contributed by atoms with Crippen LogP contribution >= 0.6 is 11.3 Å². The van der Waals surface area contributed by atoms with Crippen LogP contribution in [0, 0.1) is 10.9 Å². The van der Waals surface area contributed by atoms with Gasteiger partial charge in [-0.1, -0.05) is 45.1 Å². The summed E-state index contributed by atoms with van der Waals surface area (Å²) in [6.07, 6.45) is -2.89. The fraction of sp³-hybridized carbons (Fsp3) is 0.400. The van der Waals surface area contributed by atoms with Crippen LogP contribution < -0.4 is 0 Å². The van der Waals surface area contributed by atoms with Gasteiger partial charge in [0, 0.05) is 11.5 Å². The van der Waals surface area contributed by atoms with Gasteiger partial charge in [0.2, 0.25) is 5.13 Å². The van der Waals surface area contributed by atoms with Gasteiger partial charge in [-0.15, -0.1) is 0 Å². The minimum atomic E-state index is -2.89. The third-order valence-corrected chi connectivity index (χ3v) is 3.75. The second kappa shape index (κ2) is 7.54. The number of nitrogens with zero attached hydrogens (tertiary/aromatic N) is 1. The zero-order valence-electron chi connectivity index (χ0n) is 12.3. The normalized spacial score (nSPS) is 10.8. The molecule has 0 bridgehead atoms. The number of alkyl halides is 2. The van der Waals surface area contributed by atoms with E-state index < -0.39 is 22.9 Å². The summed E-state index contributed by atoms with van der Waals surface area (Å²) in [5.74, 6) is -0.996. The summed E-state index contributed by atoms with van der Waals surface area (Å²) in [6, 6.07) is 3.11. The third kappa shape index (κ3) is 4.03. The van der Waals surface area contributed by atoms with Crippen LogP contribution in [-0.2, 0) is 0 Å². The molecule has 0 atom stereocenters. The van der Waals surface area contributed by atoms with E-state index in [-0.39, 0.29) is 17.2 Å². The van der Waals surface area contributed by atoms with E-state index in [2.05, 4.69) is 4.98 Å².